The van der Waals surface area contributed by atoms with Crippen LogP contribution in [0.5, 0.6) is 0 Å². The lowest BCUT2D eigenvalue weighted by atomic mass is 10.0. The molecule has 0 bridgehead atoms. The fourth-order valence-electron chi connectivity index (χ4n) is 1.76. The van der Waals surface area contributed by atoms with Crippen molar-refractivity contribution in [3.8, 4) is 0 Å². The van der Waals surface area contributed by atoms with Crippen molar-refractivity contribution < 1.29 is 16.9 Å². The van der Waals surface area contributed by atoms with Crippen LogP contribution in [0.2, 0.25) is 0 Å². The molecule has 1 atom stereocenters. The zero-order valence-electron chi connectivity index (χ0n) is 10.9. The zero-order valence-corrected chi connectivity index (χ0v) is 11.6. The summed E-state index contributed by atoms with van der Waals surface area (Å²) in [5.41, 5.74) is 2.70. The minimum atomic E-state index is 0. The van der Waals surface area contributed by atoms with Gasteiger partial charge in [0.2, 0.25) is 0 Å². The number of aryl methyl sites for hydroxylation is 1. The normalized spacial score (nSPS) is 13.6. The summed E-state index contributed by atoms with van der Waals surface area (Å²) < 4.78 is 0.924. The van der Waals surface area contributed by atoms with Crippen LogP contribution in [-0.4, -0.2) is 25.6 Å². The first-order valence-electron chi connectivity index (χ1n) is 5.45. The van der Waals surface area contributed by atoms with Gasteiger partial charge in [-0.25, -0.2) is 0 Å². The van der Waals surface area contributed by atoms with E-state index in [1.165, 1.54) is 11.1 Å². The minimum Gasteiger partial charge on any atom is -1.00 e. The molecule has 0 amide bonds. The summed E-state index contributed by atoms with van der Waals surface area (Å²) in [6.07, 6.45) is 4.40. The van der Waals surface area contributed by atoms with Gasteiger partial charge in [0.1, 0.15) is 6.04 Å². The fraction of sp³-hybridized carbons (Fsp3) is 0.429. The number of halogens is 1. The molecule has 1 nitrogen and oxygen atoms in total. The Labute approximate surface area is 106 Å². The van der Waals surface area contributed by atoms with E-state index >= 15 is 0 Å². The molecule has 0 saturated heterocycles. The third kappa shape index (κ3) is 3.99. The Hall–Kier alpha value is -0.790. The first kappa shape index (κ1) is 15.2. The van der Waals surface area contributed by atoms with Crippen molar-refractivity contribution in [2.75, 3.05) is 21.1 Å². The molecule has 1 aromatic rings. The van der Waals surface area contributed by atoms with Crippen LogP contribution >= 0.6 is 0 Å². The van der Waals surface area contributed by atoms with E-state index in [9.17, 15) is 0 Å². The van der Waals surface area contributed by atoms with Crippen LogP contribution in [0.4, 0.5) is 0 Å². The predicted octanol–water partition coefficient (Wildman–Crippen LogP) is 0.322. The Bertz CT molecular complexity index is 333. The fourth-order valence-corrected chi connectivity index (χ4v) is 1.76. The van der Waals surface area contributed by atoms with E-state index in [-0.39, 0.29) is 12.4 Å². The molecule has 2 heteroatoms. The molecule has 0 fully saturated rings. The summed E-state index contributed by atoms with van der Waals surface area (Å²) in [6.45, 7) is 4.21. The van der Waals surface area contributed by atoms with Gasteiger partial charge in [0, 0.05) is 5.56 Å². The Kier molecular flexibility index (Phi) is 5.77. The molecule has 1 unspecified atom stereocenters. The molecule has 90 valence electrons. The van der Waals surface area contributed by atoms with Crippen LogP contribution in [0, 0.1) is 6.92 Å². The maximum Gasteiger partial charge on any atom is 0.133 e. The standard InChI is InChI=1S/C14H22N.ClH/c1-6-7-14(15(3,4)5)13-10-8-12(2)9-11-13;/h6-11,14H,1-5H3;1H/q+1;/p-1. The Morgan fingerprint density at radius 3 is 1.94 bits per heavy atom. The number of rotatable bonds is 3. The second-order valence-electron chi connectivity index (χ2n) is 5.00. The highest BCUT2D eigenvalue weighted by Crippen LogP contribution is 2.24. The van der Waals surface area contributed by atoms with Crippen LogP contribution in [0.25, 0.3) is 0 Å². The maximum atomic E-state index is 2.27. The Morgan fingerprint density at radius 1 is 1.06 bits per heavy atom. The van der Waals surface area contributed by atoms with E-state index in [1.807, 2.05) is 0 Å². The lowest BCUT2D eigenvalue weighted by Gasteiger charge is -2.32. The summed E-state index contributed by atoms with van der Waals surface area (Å²) in [5, 5.41) is 0. The van der Waals surface area contributed by atoms with Crippen LogP contribution in [-0.2, 0) is 0 Å². The van der Waals surface area contributed by atoms with Crippen molar-refractivity contribution in [3.63, 3.8) is 0 Å². The van der Waals surface area contributed by atoms with Gasteiger partial charge in [-0.05, 0) is 19.9 Å². The Balaban J connectivity index is 0.00000225. The van der Waals surface area contributed by atoms with Crippen LogP contribution in [0.3, 0.4) is 0 Å². The smallest absolute Gasteiger partial charge is 0.133 e. The molecule has 0 aliphatic carbocycles. The lowest BCUT2D eigenvalue weighted by molar-refractivity contribution is -0.895. The molecule has 0 N–H and O–H groups in total. The van der Waals surface area contributed by atoms with Crippen molar-refractivity contribution in [2.24, 2.45) is 0 Å². The van der Waals surface area contributed by atoms with Crippen molar-refractivity contribution >= 4 is 0 Å². The molecule has 0 spiro atoms. The number of benzene rings is 1. The van der Waals surface area contributed by atoms with E-state index < -0.39 is 0 Å². The van der Waals surface area contributed by atoms with Gasteiger partial charge in [-0.15, -0.1) is 0 Å². The van der Waals surface area contributed by atoms with Crippen molar-refractivity contribution in [1.82, 2.24) is 0 Å². The lowest BCUT2D eigenvalue weighted by Crippen LogP contribution is -3.00. The monoisotopic (exact) mass is 239 g/mol. The number of allylic oxidation sites excluding steroid dienone is 1. The van der Waals surface area contributed by atoms with Crippen molar-refractivity contribution in [1.29, 1.82) is 0 Å². The molecule has 1 rings (SSSR count). The van der Waals surface area contributed by atoms with Crippen LogP contribution in [0.15, 0.2) is 36.4 Å². The summed E-state index contributed by atoms with van der Waals surface area (Å²) >= 11 is 0. The zero-order chi connectivity index (χ0) is 11.5. The highest BCUT2D eigenvalue weighted by Gasteiger charge is 2.22. The molecular formula is C14H22ClN. The molecule has 0 heterocycles. The highest BCUT2D eigenvalue weighted by atomic mass is 35.5. The van der Waals surface area contributed by atoms with E-state index in [0.717, 1.165) is 4.48 Å². The average Bonchev–Trinajstić information content (AvgIpc) is 2.14. The highest BCUT2D eigenvalue weighted by molar-refractivity contribution is 5.25. The summed E-state index contributed by atoms with van der Waals surface area (Å²) in [7, 11) is 6.68. The van der Waals surface area contributed by atoms with Gasteiger partial charge in [0.15, 0.2) is 0 Å². The van der Waals surface area contributed by atoms with Gasteiger partial charge in [-0.1, -0.05) is 35.9 Å². The second-order valence-corrected chi connectivity index (χ2v) is 5.00. The molecule has 0 saturated carbocycles. The van der Waals surface area contributed by atoms with E-state index in [4.69, 9.17) is 0 Å². The van der Waals surface area contributed by atoms with Crippen molar-refractivity contribution in [2.45, 2.75) is 19.9 Å². The van der Waals surface area contributed by atoms with Gasteiger partial charge < -0.3 is 16.9 Å². The van der Waals surface area contributed by atoms with E-state index in [2.05, 4.69) is 71.4 Å². The number of hydrogen-bond donors (Lipinski definition) is 0. The molecule has 0 aliphatic rings. The third-order valence-corrected chi connectivity index (χ3v) is 2.63. The van der Waals surface area contributed by atoms with Crippen LogP contribution < -0.4 is 12.4 Å². The summed E-state index contributed by atoms with van der Waals surface area (Å²) in [4.78, 5) is 0. The third-order valence-electron chi connectivity index (χ3n) is 2.63. The number of hydrogen-bond acceptors (Lipinski definition) is 0. The predicted molar refractivity (Wildman–Crippen MR) is 66.8 cm³/mol. The molecule has 0 aliphatic heterocycles. The average molecular weight is 240 g/mol. The van der Waals surface area contributed by atoms with Gasteiger partial charge in [-0.3, -0.25) is 0 Å². The van der Waals surface area contributed by atoms with E-state index in [1.54, 1.807) is 0 Å². The van der Waals surface area contributed by atoms with Crippen molar-refractivity contribution in [3.05, 3.63) is 47.5 Å². The molecule has 16 heavy (non-hydrogen) atoms. The Morgan fingerprint density at radius 2 is 1.56 bits per heavy atom. The first-order valence-corrected chi connectivity index (χ1v) is 5.45. The van der Waals surface area contributed by atoms with E-state index in [0.29, 0.717) is 6.04 Å². The first-order chi connectivity index (χ1) is 6.95. The number of nitrogens with zero attached hydrogens (tertiary/aromatic N) is 1. The number of quaternary nitrogens is 1. The van der Waals surface area contributed by atoms with Gasteiger partial charge >= 0.3 is 0 Å². The minimum absolute atomic E-state index is 0. The molecule has 0 radical (unpaired) electrons. The topological polar surface area (TPSA) is 0 Å². The number of likely N-dealkylation sites (N-methyl/N-ethyl adjacent to an activating group) is 1. The second kappa shape index (κ2) is 6.07. The van der Waals surface area contributed by atoms with Crippen LogP contribution in [0.1, 0.15) is 24.1 Å². The molecule has 0 aromatic heterocycles. The van der Waals surface area contributed by atoms with Gasteiger partial charge in [-0.2, -0.15) is 0 Å². The largest absolute Gasteiger partial charge is 1.00 e. The van der Waals surface area contributed by atoms with Gasteiger partial charge in [0.25, 0.3) is 0 Å². The molecule has 1 aromatic carbocycles. The maximum absolute atomic E-state index is 2.27. The SMILES string of the molecule is CC=CC(c1ccc(C)cc1)[N+](C)(C)C.[Cl-]. The van der Waals surface area contributed by atoms with Gasteiger partial charge in [0.05, 0.1) is 21.1 Å². The summed E-state index contributed by atoms with van der Waals surface area (Å²) in [6, 6.07) is 9.26. The quantitative estimate of drug-likeness (QED) is 0.527. The summed E-state index contributed by atoms with van der Waals surface area (Å²) in [5.74, 6) is 0. The molecular weight excluding hydrogens is 218 g/mol.